The standard InChI is InChI=1S/C14H20N6/c1-2-3-12-13(18-10-19-14(12)20-15)17-9-6-11-4-7-16-8-5-11/h4-5,7-8,10H,2-3,6,9,15H2,1H3,(H2,17,18,19,20). The van der Waals surface area contributed by atoms with E-state index >= 15 is 0 Å². The molecule has 0 aliphatic heterocycles. The van der Waals surface area contributed by atoms with E-state index in [0.717, 1.165) is 37.2 Å². The summed E-state index contributed by atoms with van der Waals surface area (Å²) in [5.74, 6) is 7.03. The minimum absolute atomic E-state index is 0.688. The van der Waals surface area contributed by atoms with Crippen LogP contribution >= 0.6 is 0 Å². The van der Waals surface area contributed by atoms with Crippen LogP contribution in [0.5, 0.6) is 0 Å². The van der Waals surface area contributed by atoms with Gasteiger partial charge in [-0.15, -0.1) is 0 Å². The number of aromatic nitrogens is 3. The maximum Gasteiger partial charge on any atom is 0.148 e. The molecule has 0 amide bonds. The number of hydrazine groups is 1. The Kier molecular flexibility index (Phi) is 5.25. The summed E-state index contributed by atoms with van der Waals surface area (Å²) < 4.78 is 0. The molecule has 6 heteroatoms. The lowest BCUT2D eigenvalue weighted by atomic mass is 10.1. The third-order valence-corrected chi connectivity index (χ3v) is 3.04. The lowest BCUT2D eigenvalue weighted by molar-refractivity contribution is 0.892. The topological polar surface area (TPSA) is 88.8 Å². The fourth-order valence-electron chi connectivity index (χ4n) is 2.05. The Morgan fingerprint density at radius 1 is 1.10 bits per heavy atom. The number of nitrogen functional groups attached to an aromatic ring is 1. The van der Waals surface area contributed by atoms with Crippen molar-refractivity contribution < 1.29 is 0 Å². The highest BCUT2D eigenvalue weighted by atomic mass is 15.3. The van der Waals surface area contributed by atoms with Gasteiger partial charge in [-0.25, -0.2) is 15.8 Å². The Labute approximate surface area is 118 Å². The second-order valence-electron chi connectivity index (χ2n) is 4.48. The molecular formula is C14H20N6. The Morgan fingerprint density at radius 2 is 1.85 bits per heavy atom. The van der Waals surface area contributed by atoms with Gasteiger partial charge in [0, 0.05) is 24.5 Å². The molecule has 106 valence electrons. The molecule has 0 unspecified atom stereocenters. The molecule has 0 radical (unpaired) electrons. The minimum Gasteiger partial charge on any atom is -0.369 e. The van der Waals surface area contributed by atoms with Crippen LogP contribution in [0.3, 0.4) is 0 Å². The highest BCUT2D eigenvalue weighted by Crippen LogP contribution is 2.20. The molecule has 0 aliphatic carbocycles. The first kappa shape index (κ1) is 14.2. The molecule has 2 aromatic heterocycles. The monoisotopic (exact) mass is 272 g/mol. The van der Waals surface area contributed by atoms with Gasteiger partial charge in [0.15, 0.2) is 0 Å². The zero-order chi connectivity index (χ0) is 14.2. The van der Waals surface area contributed by atoms with Gasteiger partial charge in [0.2, 0.25) is 0 Å². The second kappa shape index (κ2) is 7.40. The summed E-state index contributed by atoms with van der Waals surface area (Å²) in [6.45, 7) is 2.93. The third-order valence-electron chi connectivity index (χ3n) is 3.04. The molecule has 0 fully saturated rings. The number of pyridine rings is 1. The second-order valence-corrected chi connectivity index (χ2v) is 4.48. The lowest BCUT2D eigenvalue weighted by Crippen LogP contribution is -2.15. The molecule has 4 N–H and O–H groups in total. The van der Waals surface area contributed by atoms with E-state index in [4.69, 9.17) is 5.84 Å². The molecule has 0 spiro atoms. The molecule has 0 saturated carbocycles. The Morgan fingerprint density at radius 3 is 2.55 bits per heavy atom. The van der Waals surface area contributed by atoms with Gasteiger partial charge in [0.1, 0.15) is 18.0 Å². The molecule has 6 nitrogen and oxygen atoms in total. The predicted octanol–water partition coefficient (Wildman–Crippen LogP) is 1.76. The number of hydrogen-bond acceptors (Lipinski definition) is 6. The molecule has 20 heavy (non-hydrogen) atoms. The number of hydrogen-bond donors (Lipinski definition) is 3. The van der Waals surface area contributed by atoms with Gasteiger partial charge >= 0.3 is 0 Å². The maximum absolute atomic E-state index is 5.49. The minimum atomic E-state index is 0.688. The first-order valence-corrected chi connectivity index (χ1v) is 6.78. The largest absolute Gasteiger partial charge is 0.369 e. The lowest BCUT2D eigenvalue weighted by Gasteiger charge is -2.13. The van der Waals surface area contributed by atoms with E-state index in [9.17, 15) is 0 Å². The van der Waals surface area contributed by atoms with E-state index in [1.165, 1.54) is 11.9 Å². The Hall–Kier alpha value is -2.21. The van der Waals surface area contributed by atoms with Crippen molar-refractivity contribution in [2.24, 2.45) is 5.84 Å². The van der Waals surface area contributed by atoms with Crippen LogP contribution in [0.1, 0.15) is 24.5 Å². The van der Waals surface area contributed by atoms with E-state index in [0.29, 0.717) is 5.82 Å². The van der Waals surface area contributed by atoms with Crippen molar-refractivity contribution in [3.05, 3.63) is 42.0 Å². The normalized spacial score (nSPS) is 10.3. The molecule has 2 rings (SSSR count). The van der Waals surface area contributed by atoms with E-state index in [1.54, 1.807) is 12.4 Å². The summed E-state index contributed by atoms with van der Waals surface area (Å²) in [6, 6.07) is 4.03. The molecular weight excluding hydrogens is 252 g/mol. The zero-order valence-corrected chi connectivity index (χ0v) is 11.6. The molecule has 2 aromatic rings. The molecule has 0 aliphatic rings. The van der Waals surface area contributed by atoms with Crippen LogP contribution in [-0.4, -0.2) is 21.5 Å². The van der Waals surface area contributed by atoms with E-state index in [1.807, 2.05) is 12.1 Å². The molecule has 0 atom stereocenters. The number of nitrogens with one attached hydrogen (secondary N) is 2. The fraction of sp³-hybridized carbons (Fsp3) is 0.357. The van der Waals surface area contributed by atoms with Gasteiger partial charge in [-0.05, 0) is 30.5 Å². The SMILES string of the molecule is CCCc1c(NN)ncnc1NCCc1ccncc1. The maximum atomic E-state index is 5.49. The van der Waals surface area contributed by atoms with Crippen LogP contribution in [0.4, 0.5) is 11.6 Å². The van der Waals surface area contributed by atoms with Crippen LogP contribution in [0.25, 0.3) is 0 Å². The summed E-state index contributed by atoms with van der Waals surface area (Å²) in [4.78, 5) is 12.5. The van der Waals surface area contributed by atoms with Crippen molar-refractivity contribution >= 4 is 11.6 Å². The van der Waals surface area contributed by atoms with Crippen LogP contribution in [0, 0.1) is 0 Å². The summed E-state index contributed by atoms with van der Waals surface area (Å²) in [5, 5.41) is 3.35. The van der Waals surface area contributed by atoms with E-state index < -0.39 is 0 Å². The Bertz CT molecular complexity index is 528. The van der Waals surface area contributed by atoms with Crippen LogP contribution in [-0.2, 0) is 12.8 Å². The van der Waals surface area contributed by atoms with Crippen molar-refractivity contribution in [2.75, 3.05) is 17.3 Å². The van der Waals surface area contributed by atoms with Crippen molar-refractivity contribution in [1.29, 1.82) is 0 Å². The van der Waals surface area contributed by atoms with Gasteiger partial charge in [0.25, 0.3) is 0 Å². The van der Waals surface area contributed by atoms with E-state index in [-0.39, 0.29) is 0 Å². The molecule has 0 saturated heterocycles. The number of anilines is 2. The average molecular weight is 272 g/mol. The van der Waals surface area contributed by atoms with Gasteiger partial charge < -0.3 is 10.7 Å². The van der Waals surface area contributed by atoms with Crippen molar-refractivity contribution in [3.8, 4) is 0 Å². The molecule has 2 heterocycles. The summed E-state index contributed by atoms with van der Waals surface area (Å²) in [5.41, 5.74) is 4.91. The first-order chi connectivity index (χ1) is 9.85. The summed E-state index contributed by atoms with van der Waals surface area (Å²) >= 11 is 0. The fourth-order valence-corrected chi connectivity index (χ4v) is 2.05. The van der Waals surface area contributed by atoms with Crippen LogP contribution in [0.15, 0.2) is 30.9 Å². The van der Waals surface area contributed by atoms with Crippen LogP contribution in [0.2, 0.25) is 0 Å². The predicted molar refractivity (Wildman–Crippen MR) is 80.3 cm³/mol. The molecule has 0 bridgehead atoms. The number of nitrogens with two attached hydrogens (primary N) is 1. The molecule has 0 aromatic carbocycles. The van der Waals surface area contributed by atoms with Crippen LogP contribution < -0.4 is 16.6 Å². The highest BCUT2D eigenvalue weighted by molar-refractivity contribution is 5.56. The Balaban J connectivity index is 2.01. The number of nitrogens with zero attached hydrogens (tertiary/aromatic N) is 3. The van der Waals surface area contributed by atoms with Gasteiger partial charge in [0.05, 0.1) is 0 Å². The van der Waals surface area contributed by atoms with E-state index in [2.05, 4.69) is 32.6 Å². The number of rotatable bonds is 7. The average Bonchev–Trinajstić information content (AvgIpc) is 2.50. The smallest absolute Gasteiger partial charge is 0.148 e. The van der Waals surface area contributed by atoms with Gasteiger partial charge in [-0.3, -0.25) is 4.98 Å². The zero-order valence-electron chi connectivity index (χ0n) is 11.6. The van der Waals surface area contributed by atoms with Gasteiger partial charge in [-0.1, -0.05) is 13.3 Å². The third kappa shape index (κ3) is 3.64. The van der Waals surface area contributed by atoms with Crippen molar-refractivity contribution in [2.45, 2.75) is 26.2 Å². The summed E-state index contributed by atoms with van der Waals surface area (Å²) in [6.07, 6.45) is 7.95. The highest BCUT2D eigenvalue weighted by Gasteiger charge is 2.09. The van der Waals surface area contributed by atoms with Crippen molar-refractivity contribution in [3.63, 3.8) is 0 Å². The first-order valence-electron chi connectivity index (χ1n) is 6.78. The summed E-state index contributed by atoms with van der Waals surface area (Å²) in [7, 11) is 0. The quantitative estimate of drug-likeness (QED) is 0.526. The van der Waals surface area contributed by atoms with Crippen molar-refractivity contribution in [1.82, 2.24) is 15.0 Å². The van der Waals surface area contributed by atoms with Gasteiger partial charge in [-0.2, -0.15) is 0 Å².